The molecule has 8 nitrogen and oxygen atoms in total. The molecule has 182 valence electrons. The van der Waals surface area contributed by atoms with Crippen LogP contribution in [0.1, 0.15) is 80.6 Å². The number of halogens is 1. The van der Waals surface area contributed by atoms with Gasteiger partial charge in [0, 0.05) is 4.40 Å². The Morgan fingerprint density at radius 2 is 1.20 bits per heavy atom. The average Bonchev–Trinajstić information content (AvgIpc) is 2.62. The number of nitrogens with one attached hydrogen (secondary N) is 2. The third-order valence-corrected chi connectivity index (χ3v) is 3.23. The summed E-state index contributed by atoms with van der Waals surface area (Å²) in [6.07, 6.45) is -0.622. The van der Waals surface area contributed by atoms with Crippen LogP contribution in [0.5, 0.6) is 0 Å². The summed E-state index contributed by atoms with van der Waals surface area (Å²) < 4.78 is 25.1. The fourth-order valence-electron chi connectivity index (χ4n) is 1.41. The van der Waals surface area contributed by atoms with Crippen molar-refractivity contribution >= 4 is 29.8 Å². The second-order valence-electron chi connectivity index (χ2n) is 10.5. The Hall–Kier alpha value is -1.54. The molecular formula is C21H45ClN2O6. The van der Waals surface area contributed by atoms with E-state index in [0.717, 1.165) is 0 Å². The zero-order valence-electron chi connectivity index (χ0n) is 22.4. The number of alkyl carbamates (subject to hydrolysis) is 1. The lowest BCUT2D eigenvalue weighted by Gasteiger charge is -2.22. The molecular weight excluding hydrogens is 412 g/mol. The maximum absolute atomic E-state index is 11.6. The molecule has 0 rings (SSSR count). The topological polar surface area (TPSA) is 103 Å². The van der Waals surface area contributed by atoms with Gasteiger partial charge in [0.25, 0.3) is 0 Å². The van der Waals surface area contributed by atoms with E-state index in [1.165, 1.54) is 0 Å². The minimum absolute atomic E-state index is 0. The van der Waals surface area contributed by atoms with Crippen LogP contribution < -0.4 is 10.2 Å². The van der Waals surface area contributed by atoms with Gasteiger partial charge in [-0.3, -0.25) is 4.79 Å². The van der Waals surface area contributed by atoms with Crippen molar-refractivity contribution in [1.29, 1.82) is 0 Å². The van der Waals surface area contributed by atoms with Crippen LogP contribution in [0.15, 0.2) is 0 Å². The van der Waals surface area contributed by atoms with Crippen molar-refractivity contribution < 1.29 is 33.0 Å². The van der Waals surface area contributed by atoms with E-state index in [1.807, 2.05) is 41.5 Å². The monoisotopic (exact) mass is 459 g/mol. The molecule has 0 spiro atoms. The fraction of sp³-hybridized carbons (Fsp3) is 0.857. The fourth-order valence-corrected chi connectivity index (χ4v) is 1.50. The van der Waals surface area contributed by atoms with Crippen molar-refractivity contribution in [3.8, 4) is 0 Å². The molecule has 0 heterocycles. The van der Waals surface area contributed by atoms with Gasteiger partial charge < -0.3 is 19.5 Å². The lowest BCUT2D eigenvalue weighted by atomic mass is 9.99. The molecule has 0 aromatic carbocycles. The Bertz CT molecular complexity index is 562. The number of ether oxygens (including phenoxy) is 3. The third kappa shape index (κ3) is 19.8. The van der Waals surface area contributed by atoms with Gasteiger partial charge in [-0.25, -0.2) is 14.4 Å². The molecule has 0 saturated heterocycles. The van der Waals surface area contributed by atoms with Crippen LogP contribution in [0.4, 0.5) is 4.79 Å². The molecule has 0 radical (unpaired) electrons. The second-order valence-corrected chi connectivity index (χ2v) is 10.8. The van der Waals surface area contributed by atoms with Crippen molar-refractivity contribution in [2.24, 2.45) is 10.8 Å². The van der Waals surface area contributed by atoms with Crippen molar-refractivity contribution in [3.05, 3.63) is 0 Å². The van der Waals surface area contributed by atoms with Gasteiger partial charge in [-0.15, -0.1) is 0 Å². The maximum atomic E-state index is 11.6. The summed E-state index contributed by atoms with van der Waals surface area (Å²) in [5.74, 6) is -0.782. The molecule has 30 heavy (non-hydrogen) atoms. The predicted octanol–water partition coefficient (Wildman–Crippen LogP) is 4.69. The van der Waals surface area contributed by atoms with Gasteiger partial charge >= 0.3 is 18.0 Å². The van der Waals surface area contributed by atoms with E-state index in [9.17, 15) is 14.4 Å². The van der Waals surface area contributed by atoms with Crippen molar-refractivity contribution in [2.45, 2.75) is 93.8 Å². The SMILES string of the molecule is C[C@H](NC(=O)OC(C)(C)C)C(=O)OCC(C)(C)C.C[C@H](NCl)C(=O)OCC(C)(C)C.[2HH].[2H][2H]. The van der Waals surface area contributed by atoms with E-state index in [4.69, 9.17) is 29.0 Å². The molecule has 0 aliphatic rings. The van der Waals surface area contributed by atoms with Gasteiger partial charge in [-0.1, -0.05) is 41.5 Å². The first-order chi connectivity index (χ1) is 14.3. The quantitative estimate of drug-likeness (QED) is 0.337. The van der Waals surface area contributed by atoms with Crippen LogP contribution in [0, 0.1) is 10.8 Å². The number of esters is 2. The number of hydrogen-bond donors (Lipinski definition) is 2. The predicted molar refractivity (Wildman–Crippen MR) is 122 cm³/mol. The first-order valence-electron chi connectivity index (χ1n) is 11.0. The maximum Gasteiger partial charge on any atom is 0.408 e. The molecule has 0 aliphatic heterocycles. The van der Waals surface area contributed by atoms with Crippen molar-refractivity contribution in [1.82, 2.24) is 10.2 Å². The van der Waals surface area contributed by atoms with Gasteiger partial charge in [0.1, 0.15) is 17.7 Å². The molecule has 2 N–H and O–H groups in total. The van der Waals surface area contributed by atoms with Crippen LogP contribution in [0.3, 0.4) is 0 Å². The average molecular weight is 460 g/mol. The van der Waals surface area contributed by atoms with Crippen molar-refractivity contribution in [3.63, 3.8) is 0 Å². The first-order valence-corrected chi connectivity index (χ1v) is 10.3. The van der Waals surface area contributed by atoms with E-state index < -0.39 is 29.7 Å². The number of carbonyl (C=O) groups excluding carboxylic acids is 3. The van der Waals surface area contributed by atoms with Gasteiger partial charge in [0.15, 0.2) is 0 Å². The highest BCUT2D eigenvalue weighted by atomic mass is 35.5. The Labute approximate surface area is 191 Å². The molecule has 0 fully saturated rings. The normalized spacial score (nSPS) is 14.1. The van der Waals surface area contributed by atoms with E-state index in [1.54, 1.807) is 34.6 Å². The Kier molecular flexibility index (Phi) is 12.3. The number of hydrogen-bond acceptors (Lipinski definition) is 7. The van der Waals surface area contributed by atoms with Gasteiger partial charge in [-0.05, 0) is 57.2 Å². The van der Waals surface area contributed by atoms with E-state index >= 15 is 0 Å². The van der Waals surface area contributed by atoms with Crippen LogP contribution in [0.25, 0.3) is 0 Å². The largest absolute Gasteiger partial charge is 0.464 e. The zero-order valence-corrected chi connectivity index (χ0v) is 21.2. The van der Waals surface area contributed by atoms with Crippen LogP contribution in [-0.4, -0.2) is 48.9 Å². The van der Waals surface area contributed by atoms with Crippen molar-refractivity contribution in [2.75, 3.05) is 13.2 Å². The summed E-state index contributed by atoms with van der Waals surface area (Å²) >= 11 is 5.25. The third-order valence-electron chi connectivity index (χ3n) is 2.90. The minimum atomic E-state index is -0.720. The molecule has 0 unspecified atom stereocenters. The molecule has 0 aromatic heterocycles. The highest BCUT2D eigenvalue weighted by Crippen LogP contribution is 2.14. The van der Waals surface area contributed by atoms with Gasteiger partial charge in [0.2, 0.25) is 0 Å². The summed E-state index contributed by atoms with van der Waals surface area (Å²) in [6, 6.07) is -1.17. The van der Waals surface area contributed by atoms with E-state index in [2.05, 4.69) is 10.2 Å². The van der Waals surface area contributed by atoms with Crippen LogP contribution in [0.2, 0.25) is 0 Å². The smallest absolute Gasteiger partial charge is 0.408 e. The molecule has 9 heteroatoms. The summed E-state index contributed by atoms with van der Waals surface area (Å²) in [5.41, 5.74) is -0.678. The van der Waals surface area contributed by atoms with Gasteiger partial charge in [-0.2, -0.15) is 0 Å². The molecule has 1 amide bonds. The molecule has 0 bridgehead atoms. The lowest BCUT2D eigenvalue weighted by molar-refractivity contribution is -0.148. The van der Waals surface area contributed by atoms with E-state index in [-0.39, 0.29) is 18.2 Å². The van der Waals surface area contributed by atoms with Crippen LogP contribution >= 0.6 is 11.8 Å². The number of amides is 1. The Morgan fingerprint density at radius 3 is 1.50 bits per heavy atom. The molecule has 0 saturated carbocycles. The van der Waals surface area contributed by atoms with Gasteiger partial charge in [0.05, 0.1) is 13.2 Å². The zero-order chi connectivity index (χ0) is 26.3. The summed E-state index contributed by atoms with van der Waals surface area (Å²) in [6.45, 7) is 21.1. The molecule has 2 atom stereocenters. The standard InChI is InChI=1S/C13H25NO4.C8H16ClNO2.2H2/c1-9(10(15)17-8-12(2,3)4)14-11(16)18-13(5,6)7;1-6(10-9)7(11)12-5-8(2,3)4;;/h9H,8H2,1-7H3,(H,14,16);6,10H,5H2,1-4H3;2*1H/t9-;6-;;/m00../s1/i;;1+1D;1+1. The Morgan fingerprint density at radius 1 is 0.833 bits per heavy atom. The minimum Gasteiger partial charge on any atom is -0.464 e. The highest BCUT2D eigenvalue weighted by molar-refractivity contribution is 6.14. The molecule has 0 aromatic rings. The number of rotatable bonds is 6. The summed E-state index contributed by atoms with van der Waals surface area (Å²) in [5, 5.41) is 2.44. The van der Waals surface area contributed by atoms with E-state index in [0.29, 0.717) is 13.2 Å². The summed E-state index contributed by atoms with van der Waals surface area (Å²) in [4.78, 5) is 36.4. The summed E-state index contributed by atoms with van der Waals surface area (Å²) in [7, 11) is 0. The van der Waals surface area contributed by atoms with Crippen LogP contribution in [-0.2, 0) is 23.8 Å². The second kappa shape index (κ2) is 13.0. The first kappa shape index (κ1) is 28.5. The lowest BCUT2D eigenvalue weighted by Crippen LogP contribution is -2.43. The number of carbonyl (C=O) groups is 3. The highest BCUT2D eigenvalue weighted by Gasteiger charge is 2.23. The Balaban J connectivity index is -0.000000245. The molecule has 0 aliphatic carbocycles.